The summed E-state index contributed by atoms with van der Waals surface area (Å²) in [5, 5.41) is 0. The minimum atomic E-state index is 0.269. The van der Waals surface area contributed by atoms with Gasteiger partial charge in [-0.3, -0.25) is 0 Å². The fourth-order valence-corrected chi connectivity index (χ4v) is 1.30. The van der Waals surface area contributed by atoms with E-state index >= 15 is 0 Å². The van der Waals surface area contributed by atoms with Crippen molar-refractivity contribution >= 4 is 5.78 Å². The Kier molecular flexibility index (Phi) is 6.35. The molecule has 0 heterocycles. The molecule has 0 bridgehead atoms. The third kappa shape index (κ3) is 5.90. The van der Waals surface area contributed by atoms with Crippen molar-refractivity contribution in [3.63, 3.8) is 0 Å². The Labute approximate surface area is 75.2 Å². The molecule has 0 fully saturated rings. The topological polar surface area (TPSA) is 17.1 Å². The van der Waals surface area contributed by atoms with Crippen LogP contribution in [0.25, 0.3) is 0 Å². The lowest BCUT2D eigenvalue weighted by Gasteiger charge is -2.10. The van der Waals surface area contributed by atoms with Gasteiger partial charge >= 0.3 is 0 Å². The summed E-state index contributed by atoms with van der Waals surface area (Å²) < 4.78 is 0. The number of hydrogen-bond acceptors (Lipinski definition) is 1. The SMILES string of the molecule is C=CCCC(CC=C)CC(C)=O. The Morgan fingerprint density at radius 2 is 2.08 bits per heavy atom. The van der Waals surface area contributed by atoms with Crippen molar-refractivity contribution in [1.82, 2.24) is 0 Å². The van der Waals surface area contributed by atoms with Crippen LogP contribution in [-0.4, -0.2) is 5.78 Å². The van der Waals surface area contributed by atoms with E-state index in [0.29, 0.717) is 12.3 Å². The molecule has 0 rings (SSSR count). The van der Waals surface area contributed by atoms with Crippen LogP contribution >= 0.6 is 0 Å². The molecule has 0 spiro atoms. The van der Waals surface area contributed by atoms with Crippen LogP contribution in [-0.2, 0) is 4.79 Å². The smallest absolute Gasteiger partial charge is 0.130 e. The van der Waals surface area contributed by atoms with Gasteiger partial charge in [-0.2, -0.15) is 0 Å². The van der Waals surface area contributed by atoms with Crippen LogP contribution in [0.2, 0.25) is 0 Å². The molecule has 1 nitrogen and oxygen atoms in total. The molecule has 68 valence electrons. The first-order chi connectivity index (χ1) is 5.70. The first-order valence-electron chi connectivity index (χ1n) is 4.42. The largest absolute Gasteiger partial charge is 0.300 e. The molecule has 0 aromatic rings. The Morgan fingerprint density at radius 1 is 1.42 bits per heavy atom. The molecule has 0 aliphatic carbocycles. The molecule has 0 N–H and O–H groups in total. The highest BCUT2D eigenvalue weighted by Crippen LogP contribution is 2.16. The Morgan fingerprint density at radius 3 is 2.50 bits per heavy atom. The molecule has 0 radical (unpaired) electrons. The molecule has 0 amide bonds. The van der Waals surface area contributed by atoms with Crippen molar-refractivity contribution in [2.75, 3.05) is 0 Å². The molecule has 0 aliphatic heterocycles. The van der Waals surface area contributed by atoms with Gasteiger partial charge in [0.15, 0.2) is 0 Å². The normalized spacial score (nSPS) is 12.1. The third-order valence-corrected chi connectivity index (χ3v) is 1.86. The maximum atomic E-state index is 10.8. The molecule has 0 saturated heterocycles. The number of Topliss-reactive ketones (excluding diaryl/α,β-unsaturated/α-hetero) is 1. The van der Waals surface area contributed by atoms with Gasteiger partial charge in [0, 0.05) is 6.42 Å². The Bertz CT molecular complexity index is 158. The van der Waals surface area contributed by atoms with Crippen LogP contribution in [0.15, 0.2) is 25.3 Å². The quantitative estimate of drug-likeness (QED) is 0.531. The second-order valence-electron chi connectivity index (χ2n) is 3.16. The number of carbonyl (C=O) groups excluding carboxylic acids is 1. The van der Waals surface area contributed by atoms with Crippen LogP contribution in [0.5, 0.6) is 0 Å². The summed E-state index contributed by atoms with van der Waals surface area (Å²) in [6.07, 6.45) is 7.45. The van der Waals surface area contributed by atoms with Gasteiger partial charge in [0.2, 0.25) is 0 Å². The second kappa shape index (κ2) is 6.84. The molecule has 1 unspecified atom stereocenters. The lowest BCUT2D eigenvalue weighted by molar-refractivity contribution is -0.117. The molecule has 12 heavy (non-hydrogen) atoms. The summed E-state index contributed by atoms with van der Waals surface area (Å²) >= 11 is 0. The molecular formula is C11H18O. The van der Waals surface area contributed by atoms with E-state index in [0.717, 1.165) is 19.3 Å². The average Bonchev–Trinajstić information content (AvgIpc) is 2.00. The summed E-state index contributed by atoms with van der Waals surface area (Å²) in [6.45, 7) is 8.98. The summed E-state index contributed by atoms with van der Waals surface area (Å²) in [5.41, 5.74) is 0. The Balaban J connectivity index is 3.75. The van der Waals surface area contributed by atoms with Crippen LogP contribution in [0, 0.1) is 5.92 Å². The Hall–Kier alpha value is -0.850. The summed E-state index contributed by atoms with van der Waals surface area (Å²) in [5.74, 6) is 0.740. The molecule has 0 aliphatic rings. The molecular weight excluding hydrogens is 148 g/mol. The molecule has 1 heteroatoms. The van der Waals surface area contributed by atoms with Crippen molar-refractivity contribution in [1.29, 1.82) is 0 Å². The van der Waals surface area contributed by atoms with E-state index in [1.54, 1.807) is 6.92 Å². The summed E-state index contributed by atoms with van der Waals surface area (Å²) in [4.78, 5) is 10.8. The van der Waals surface area contributed by atoms with E-state index in [-0.39, 0.29) is 5.78 Å². The van der Waals surface area contributed by atoms with Crippen molar-refractivity contribution in [3.05, 3.63) is 25.3 Å². The predicted octanol–water partition coefficient (Wildman–Crippen LogP) is 3.12. The van der Waals surface area contributed by atoms with E-state index in [4.69, 9.17) is 0 Å². The number of carbonyl (C=O) groups is 1. The second-order valence-corrected chi connectivity index (χ2v) is 3.16. The molecule has 0 aromatic heterocycles. The monoisotopic (exact) mass is 166 g/mol. The van der Waals surface area contributed by atoms with E-state index in [1.807, 2.05) is 12.2 Å². The van der Waals surface area contributed by atoms with Crippen molar-refractivity contribution in [3.8, 4) is 0 Å². The summed E-state index contributed by atoms with van der Waals surface area (Å²) in [7, 11) is 0. The molecule has 0 saturated carbocycles. The maximum Gasteiger partial charge on any atom is 0.130 e. The van der Waals surface area contributed by atoms with Gasteiger partial charge in [0.1, 0.15) is 5.78 Å². The zero-order valence-electron chi connectivity index (χ0n) is 7.88. The van der Waals surface area contributed by atoms with Crippen LogP contribution < -0.4 is 0 Å². The van der Waals surface area contributed by atoms with E-state index in [9.17, 15) is 4.79 Å². The maximum absolute atomic E-state index is 10.8. The molecule has 0 aromatic carbocycles. The lowest BCUT2D eigenvalue weighted by Crippen LogP contribution is -2.04. The van der Waals surface area contributed by atoms with Crippen LogP contribution in [0.4, 0.5) is 0 Å². The van der Waals surface area contributed by atoms with Gasteiger partial charge in [-0.15, -0.1) is 13.2 Å². The number of rotatable bonds is 7. The average molecular weight is 166 g/mol. The summed E-state index contributed by atoms with van der Waals surface area (Å²) in [6, 6.07) is 0. The minimum absolute atomic E-state index is 0.269. The van der Waals surface area contributed by atoms with E-state index < -0.39 is 0 Å². The fourth-order valence-electron chi connectivity index (χ4n) is 1.30. The first-order valence-corrected chi connectivity index (χ1v) is 4.42. The van der Waals surface area contributed by atoms with Crippen LogP contribution in [0.1, 0.15) is 32.6 Å². The lowest BCUT2D eigenvalue weighted by atomic mass is 9.94. The van der Waals surface area contributed by atoms with Gasteiger partial charge in [-0.1, -0.05) is 12.2 Å². The third-order valence-electron chi connectivity index (χ3n) is 1.86. The van der Waals surface area contributed by atoms with Crippen molar-refractivity contribution in [2.24, 2.45) is 5.92 Å². The standard InChI is InChI=1S/C11H18O/c1-4-6-8-11(7-5-2)9-10(3)12/h4-5,11H,1-2,6-9H2,3H3. The van der Waals surface area contributed by atoms with Gasteiger partial charge in [-0.05, 0) is 32.1 Å². The number of allylic oxidation sites excluding steroid dienone is 2. The van der Waals surface area contributed by atoms with Gasteiger partial charge in [-0.25, -0.2) is 0 Å². The van der Waals surface area contributed by atoms with Crippen molar-refractivity contribution in [2.45, 2.75) is 32.6 Å². The van der Waals surface area contributed by atoms with E-state index in [2.05, 4.69) is 13.2 Å². The highest BCUT2D eigenvalue weighted by Gasteiger charge is 2.07. The number of hydrogen-bond donors (Lipinski definition) is 0. The van der Waals surface area contributed by atoms with Gasteiger partial charge < -0.3 is 4.79 Å². The van der Waals surface area contributed by atoms with Crippen LogP contribution in [0.3, 0.4) is 0 Å². The molecule has 1 atom stereocenters. The fraction of sp³-hybridized carbons (Fsp3) is 0.545. The highest BCUT2D eigenvalue weighted by atomic mass is 16.1. The zero-order chi connectivity index (χ0) is 9.40. The van der Waals surface area contributed by atoms with E-state index in [1.165, 1.54) is 0 Å². The first kappa shape index (κ1) is 11.2. The van der Waals surface area contributed by atoms with Gasteiger partial charge in [0.25, 0.3) is 0 Å². The highest BCUT2D eigenvalue weighted by molar-refractivity contribution is 5.75. The minimum Gasteiger partial charge on any atom is -0.300 e. The predicted molar refractivity (Wildman–Crippen MR) is 53.0 cm³/mol. The van der Waals surface area contributed by atoms with Crippen molar-refractivity contribution < 1.29 is 4.79 Å². The number of ketones is 1. The van der Waals surface area contributed by atoms with Gasteiger partial charge in [0.05, 0.1) is 0 Å². The zero-order valence-corrected chi connectivity index (χ0v) is 7.88.